The summed E-state index contributed by atoms with van der Waals surface area (Å²) in [6.45, 7) is 3.61. The van der Waals surface area contributed by atoms with Gasteiger partial charge in [-0.05, 0) is 32.0 Å². The molecule has 0 saturated heterocycles. The summed E-state index contributed by atoms with van der Waals surface area (Å²) >= 11 is 5.83. The van der Waals surface area contributed by atoms with E-state index in [1.54, 1.807) is 31.2 Å². The molecule has 0 aliphatic carbocycles. The van der Waals surface area contributed by atoms with Crippen molar-refractivity contribution in [3.05, 3.63) is 46.2 Å². The van der Waals surface area contributed by atoms with Crippen LogP contribution in [0.25, 0.3) is 0 Å². The molecular formula is C14H12ClN3O. The number of nitrogens with two attached hydrogens (primary N) is 1. The third-order valence-corrected chi connectivity index (χ3v) is 2.83. The molecule has 0 saturated carbocycles. The lowest BCUT2D eigenvalue weighted by atomic mass is 10.2. The lowest BCUT2D eigenvalue weighted by Gasteiger charge is -2.11. The highest BCUT2D eigenvalue weighted by Crippen LogP contribution is 2.32. The van der Waals surface area contributed by atoms with E-state index in [4.69, 9.17) is 27.3 Å². The third-order valence-electron chi connectivity index (χ3n) is 2.60. The van der Waals surface area contributed by atoms with Crippen molar-refractivity contribution >= 4 is 17.3 Å². The van der Waals surface area contributed by atoms with Crippen LogP contribution in [0.2, 0.25) is 5.02 Å². The summed E-state index contributed by atoms with van der Waals surface area (Å²) in [7, 11) is 0. The molecule has 0 radical (unpaired) electrons. The Bertz CT molecular complexity index is 677. The minimum absolute atomic E-state index is 0.403. The molecule has 0 bridgehead atoms. The maximum absolute atomic E-state index is 9.16. The average Bonchev–Trinajstić information content (AvgIpc) is 2.32. The standard InChI is InChI=1S/C14H12ClN3O/c1-8-5-14(11(7-16)9(2)18-8)19-13-4-3-10(15)6-12(13)17/h3-6H,17H2,1-2H3. The Hall–Kier alpha value is -2.25. The quantitative estimate of drug-likeness (QED) is 0.849. The Morgan fingerprint density at radius 1 is 1.26 bits per heavy atom. The van der Waals surface area contributed by atoms with Crippen LogP contribution in [0, 0.1) is 25.2 Å². The second kappa shape index (κ2) is 5.17. The Balaban J connectivity index is 2.46. The first-order chi connectivity index (χ1) is 9.01. The van der Waals surface area contributed by atoms with Crippen LogP contribution in [0.4, 0.5) is 5.69 Å². The molecule has 4 nitrogen and oxygen atoms in total. The van der Waals surface area contributed by atoms with Gasteiger partial charge in [0.05, 0.1) is 11.4 Å². The number of aromatic nitrogens is 1. The van der Waals surface area contributed by atoms with E-state index in [1.165, 1.54) is 0 Å². The number of benzene rings is 1. The van der Waals surface area contributed by atoms with E-state index in [9.17, 15) is 0 Å². The van der Waals surface area contributed by atoms with Gasteiger partial charge < -0.3 is 10.5 Å². The van der Waals surface area contributed by atoms with Crippen molar-refractivity contribution in [1.29, 1.82) is 5.26 Å². The fourth-order valence-electron chi connectivity index (χ4n) is 1.74. The first-order valence-electron chi connectivity index (χ1n) is 5.62. The van der Waals surface area contributed by atoms with Crippen LogP contribution < -0.4 is 10.5 Å². The van der Waals surface area contributed by atoms with Crippen molar-refractivity contribution in [2.24, 2.45) is 0 Å². The van der Waals surface area contributed by atoms with Crippen molar-refractivity contribution in [2.45, 2.75) is 13.8 Å². The first kappa shape index (κ1) is 13.2. The second-order valence-electron chi connectivity index (χ2n) is 4.12. The van der Waals surface area contributed by atoms with Gasteiger partial charge in [0, 0.05) is 16.8 Å². The lowest BCUT2D eigenvalue weighted by molar-refractivity contribution is 0.481. The summed E-state index contributed by atoms with van der Waals surface area (Å²) in [4.78, 5) is 4.23. The SMILES string of the molecule is Cc1cc(Oc2ccc(Cl)cc2N)c(C#N)c(C)n1. The van der Waals surface area contributed by atoms with Crippen LogP contribution in [0.5, 0.6) is 11.5 Å². The van der Waals surface area contributed by atoms with Crippen molar-refractivity contribution < 1.29 is 4.74 Å². The zero-order chi connectivity index (χ0) is 14.0. The number of hydrogen-bond donors (Lipinski definition) is 1. The molecule has 0 fully saturated rings. The van der Waals surface area contributed by atoms with Gasteiger partial charge in [-0.3, -0.25) is 4.98 Å². The topological polar surface area (TPSA) is 71.9 Å². The number of ether oxygens (including phenoxy) is 1. The smallest absolute Gasteiger partial charge is 0.150 e. The molecule has 5 heteroatoms. The van der Waals surface area contributed by atoms with Crippen LogP contribution in [0.15, 0.2) is 24.3 Å². The number of halogens is 1. The van der Waals surface area contributed by atoms with Crippen molar-refractivity contribution in [3.63, 3.8) is 0 Å². The Kier molecular flexibility index (Phi) is 3.59. The van der Waals surface area contributed by atoms with Crippen LogP contribution in [-0.2, 0) is 0 Å². The number of aryl methyl sites for hydroxylation is 2. The van der Waals surface area contributed by atoms with E-state index in [0.717, 1.165) is 5.69 Å². The van der Waals surface area contributed by atoms with Crippen molar-refractivity contribution in [2.75, 3.05) is 5.73 Å². The first-order valence-corrected chi connectivity index (χ1v) is 6.00. The number of nitriles is 1. The van der Waals surface area contributed by atoms with E-state index in [1.807, 2.05) is 6.92 Å². The van der Waals surface area contributed by atoms with Gasteiger partial charge in [0.15, 0.2) is 0 Å². The lowest BCUT2D eigenvalue weighted by Crippen LogP contribution is -1.98. The van der Waals surface area contributed by atoms with Gasteiger partial charge in [-0.15, -0.1) is 0 Å². The van der Waals surface area contributed by atoms with E-state index in [0.29, 0.717) is 33.5 Å². The summed E-state index contributed by atoms with van der Waals surface area (Å²) in [5.41, 5.74) is 8.06. The summed E-state index contributed by atoms with van der Waals surface area (Å²) in [6.07, 6.45) is 0. The zero-order valence-electron chi connectivity index (χ0n) is 10.6. The van der Waals surface area contributed by atoms with Crippen molar-refractivity contribution in [3.8, 4) is 17.6 Å². The molecule has 1 aromatic carbocycles. The Morgan fingerprint density at radius 3 is 2.63 bits per heavy atom. The fourth-order valence-corrected chi connectivity index (χ4v) is 1.92. The Labute approximate surface area is 116 Å². The maximum atomic E-state index is 9.16. The molecule has 1 aromatic heterocycles. The molecular weight excluding hydrogens is 262 g/mol. The van der Waals surface area contributed by atoms with Gasteiger partial charge in [-0.2, -0.15) is 5.26 Å². The summed E-state index contributed by atoms with van der Waals surface area (Å²) in [5, 5.41) is 9.69. The molecule has 0 spiro atoms. The van der Waals surface area contributed by atoms with Crippen LogP contribution in [0.1, 0.15) is 17.0 Å². The molecule has 96 valence electrons. The van der Waals surface area contributed by atoms with Crippen LogP contribution in [-0.4, -0.2) is 4.98 Å². The number of nitrogen functional groups attached to an aromatic ring is 1. The number of hydrogen-bond acceptors (Lipinski definition) is 4. The van der Waals surface area contributed by atoms with Crippen LogP contribution >= 0.6 is 11.6 Å². The van der Waals surface area contributed by atoms with Gasteiger partial charge >= 0.3 is 0 Å². The van der Waals surface area contributed by atoms with Gasteiger partial charge in [0.2, 0.25) is 0 Å². The van der Waals surface area contributed by atoms with Crippen molar-refractivity contribution in [1.82, 2.24) is 4.98 Å². The molecule has 0 aliphatic rings. The molecule has 0 aliphatic heterocycles. The molecule has 19 heavy (non-hydrogen) atoms. The van der Waals surface area contributed by atoms with Gasteiger partial charge in [0.25, 0.3) is 0 Å². The monoisotopic (exact) mass is 273 g/mol. The predicted octanol–water partition coefficient (Wildman–Crippen LogP) is 3.60. The van der Waals surface area contributed by atoms with E-state index in [-0.39, 0.29) is 0 Å². The highest BCUT2D eigenvalue weighted by atomic mass is 35.5. The largest absolute Gasteiger partial charge is 0.454 e. The highest BCUT2D eigenvalue weighted by molar-refractivity contribution is 6.30. The summed E-state index contributed by atoms with van der Waals surface area (Å²) < 4.78 is 5.70. The molecule has 0 unspecified atom stereocenters. The van der Waals surface area contributed by atoms with E-state index < -0.39 is 0 Å². The third kappa shape index (κ3) is 2.78. The Morgan fingerprint density at radius 2 is 2.00 bits per heavy atom. The molecule has 2 rings (SSSR count). The maximum Gasteiger partial charge on any atom is 0.150 e. The minimum Gasteiger partial charge on any atom is -0.454 e. The van der Waals surface area contributed by atoms with Crippen LogP contribution in [0.3, 0.4) is 0 Å². The number of anilines is 1. The molecule has 0 amide bonds. The second-order valence-corrected chi connectivity index (χ2v) is 4.55. The summed E-state index contributed by atoms with van der Waals surface area (Å²) in [6, 6.07) is 8.75. The van der Waals surface area contributed by atoms with Gasteiger partial charge in [-0.1, -0.05) is 11.6 Å². The number of nitrogens with zero attached hydrogens (tertiary/aromatic N) is 2. The molecule has 1 heterocycles. The van der Waals surface area contributed by atoms with Gasteiger partial charge in [0.1, 0.15) is 23.1 Å². The average molecular weight is 274 g/mol. The van der Waals surface area contributed by atoms with Gasteiger partial charge in [-0.25, -0.2) is 0 Å². The fraction of sp³-hybridized carbons (Fsp3) is 0.143. The molecule has 2 aromatic rings. The van der Waals surface area contributed by atoms with E-state index in [2.05, 4.69) is 11.1 Å². The zero-order valence-corrected chi connectivity index (χ0v) is 11.3. The molecule has 2 N–H and O–H groups in total. The number of rotatable bonds is 2. The minimum atomic E-state index is 0.403. The molecule has 0 atom stereocenters. The number of pyridine rings is 1. The normalized spacial score (nSPS) is 10.0. The summed E-state index contributed by atoms with van der Waals surface area (Å²) in [5.74, 6) is 0.910. The predicted molar refractivity (Wildman–Crippen MR) is 74.4 cm³/mol. The highest BCUT2D eigenvalue weighted by Gasteiger charge is 2.11. The van der Waals surface area contributed by atoms with E-state index >= 15 is 0 Å².